The molecule has 0 aromatic carbocycles. The summed E-state index contributed by atoms with van der Waals surface area (Å²) in [7, 11) is 0. The van der Waals surface area contributed by atoms with Gasteiger partial charge in [-0.05, 0) is 39.5 Å². The van der Waals surface area contributed by atoms with Crippen LogP contribution in [0.15, 0.2) is 16.3 Å². The number of allylic oxidation sites excluding steroid dienone is 2. The quantitative estimate of drug-likeness (QED) is 0.349. The van der Waals surface area contributed by atoms with Crippen molar-refractivity contribution in [3.63, 3.8) is 0 Å². The maximum atomic E-state index is 4.78. The molecule has 0 aliphatic carbocycles. The summed E-state index contributed by atoms with van der Waals surface area (Å²) >= 11 is 0. The van der Waals surface area contributed by atoms with Crippen molar-refractivity contribution >= 4 is 5.71 Å². The topological polar surface area (TPSA) is 12.4 Å². The lowest BCUT2D eigenvalue weighted by atomic mass is 10.1. The van der Waals surface area contributed by atoms with E-state index >= 15 is 0 Å². The first-order valence-corrected chi connectivity index (χ1v) is 7.38. The summed E-state index contributed by atoms with van der Waals surface area (Å²) in [6, 6.07) is 0. The largest absolute Gasteiger partial charge is 0.263 e. The molecule has 0 fully saturated rings. The van der Waals surface area contributed by atoms with Crippen LogP contribution in [-0.2, 0) is 0 Å². The summed E-state index contributed by atoms with van der Waals surface area (Å²) in [5.41, 5.74) is 4.09. The molecule has 0 rings (SSSR count). The maximum absolute atomic E-state index is 4.78. The average molecular weight is 237 g/mol. The van der Waals surface area contributed by atoms with E-state index in [4.69, 9.17) is 4.99 Å². The van der Waals surface area contributed by atoms with Gasteiger partial charge in [0.1, 0.15) is 0 Å². The minimum atomic E-state index is 1.09. The Kier molecular flexibility index (Phi) is 10.2. The standard InChI is InChI=1S/C16H31N/c1-6-9-10-11-13-14(4)15(5)17-16(8-3)12-7-2/h6-13H2,1-5H3/b15-14+,17-16?. The van der Waals surface area contributed by atoms with Crippen LogP contribution >= 0.6 is 0 Å². The average Bonchev–Trinajstić information content (AvgIpc) is 2.33. The Morgan fingerprint density at radius 3 is 2.06 bits per heavy atom. The third kappa shape index (κ3) is 8.18. The molecule has 0 unspecified atom stereocenters. The summed E-state index contributed by atoms with van der Waals surface area (Å²) in [6.45, 7) is 11.1. The van der Waals surface area contributed by atoms with Crippen molar-refractivity contribution < 1.29 is 0 Å². The van der Waals surface area contributed by atoms with E-state index in [9.17, 15) is 0 Å². The smallest absolute Gasteiger partial charge is 0.0361 e. The Morgan fingerprint density at radius 1 is 0.824 bits per heavy atom. The lowest BCUT2D eigenvalue weighted by molar-refractivity contribution is 0.662. The molecule has 0 heterocycles. The van der Waals surface area contributed by atoms with Gasteiger partial charge in [-0.3, -0.25) is 4.99 Å². The van der Waals surface area contributed by atoms with Gasteiger partial charge in [0, 0.05) is 11.4 Å². The summed E-state index contributed by atoms with van der Waals surface area (Å²) in [5.74, 6) is 0. The Hall–Kier alpha value is -0.590. The van der Waals surface area contributed by atoms with Gasteiger partial charge in [-0.2, -0.15) is 0 Å². The van der Waals surface area contributed by atoms with Gasteiger partial charge in [0.15, 0.2) is 0 Å². The highest BCUT2D eigenvalue weighted by molar-refractivity contribution is 5.85. The minimum Gasteiger partial charge on any atom is -0.263 e. The van der Waals surface area contributed by atoms with Crippen LogP contribution in [0, 0.1) is 0 Å². The zero-order valence-corrected chi connectivity index (χ0v) is 12.6. The van der Waals surface area contributed by atoms with Gasteiger partial charge in [-0.1, -0.05) is 52.0 Å². The van der Waals surface area contributed by atoms with E-state index in [-0.39, 0.29) is 0 Å². The molecule has 0 saturated carbocycles. The molecule has 0 amide bonds. The molecule has 0 N–H and O–H groups in total. The molecular weight excluding hydrogens is 206 g/mol. The van der Waals surface area contributed by atoms with Crippen LogP contribution in [0.25, 0.3) is 0 Å². The molecule has 0 atom stereocenters. The van der Waals surface area contributed by atoms with Crippen LogP contribution in [0.5, 0.6) is 0 Å². The van der Waals surface area contributed by atoms with Crippen molar-refractivity contribution in [3.05, 3.63) is 11.3 Å². The fraction of sp³-hybridized carbons (Fsp3) is 0.812. The Morgan fingerprint density at radius 2 is 1.53 bits per heavy atom. The fourth-order valence-corrected chi connectivity index (χ4v) is 1.93. The van der Waals surface area contributed by atoms with Crippen molar-refractivity contribution in [1.82, 2.24) is 0 Å². The molecular formula is C16H31N. The molecule has 17 heavy (non-hydrogen) atoms. The van der Waals surface area contributed by atoms with Gasteiger partial charge >= 0.3 is 0 Å². The van der Waals surface area contributed by atoms with Crippen molar-refractivity contribution in [2.45, 2.75) is 86.0 Å². The SMILES string of the molecule is CCCCCC/C(C)=C(\C)N=C(CC)CCC. The second kappa shape index (κ2) is 10.6. The van der Waals surface area contributed by atoms with E-state index in [0.29, 0.717) is 0 Å². The molecule has 100 valence electrons. The summed E-state index contributed by atoms with van der Waals surface area (Å²) < 4.78 is 0. The number of rotatable bonds is 9. The Balaban J connectivity index is 4.26. The number of hydrogen-bond acceptors (Lipinski definition) is 1. The zero-order valence-electron chi connectivity index (χ0n) is 12.6. The van der Waals surface area contributed by atoms with Crippen molar-refractivity contribution in [3.8, 4) is 0 Å². The van der Waals surface area contributed by atoms with Crippen LogP contribution in [0.4, 0.5) is 0 Å². The second-order valence-corrected chi connectivity index (χ2v) is 4.96. The number of nitrogens with zero attached hydrogens (tertiary/aromatic N) is 1. The van der Waals surface area contributed by atoms with E-state index in [1.54, 1.807) is 0 Å². The zero-order chi connectivity index (χ0) is 13.1. The molecule has 0 aliphatic rings. The highest BCUT2D eigenvalue weighted by atomic mass is 14.7. The maximum Gasteiger partial charge on any atom is 0.0361 e. The molecule has 0 bridgehead atoms. The third-order valence-electron chi connectivity index (χ3n) is 3.30. The number of aliphatic imine (C=N–C) groups is 1. The molecule has 1 heteroatoms. The van der Waals surface area contributed by atoms with Crippen LogP contribution in [-0.4, -0.2) is 5.71 Å². The summed E-state index contributed by atoms with van der Waals surface area (Å²) in [5, 5.41) is 0. The van der Waals surface area contributed by atoms with Crippen molar-refractivity contribution in [2.24, 2.45) is 4.99 Å². The minimum absolute atomic E-state index is 1.09. The lowest BCUT2D eigenvalue weighted by Crippen LogP contribution is -1.96. The normalized spacial score (nSPS) is 13.8. The first-order valence-electron chi connectivity index (χ1n) is 7.38. The van der Waals surface area contributed by atoms with E-state index in [0.717, 1.165) is 12.8 Å². The van der Waals surface area contributed by atoms with Gasteiger partial charge in [0.05, 0.1) is 0 Å². The first kappa shape index (κ1) is 16.4. The Bertz CT molecular complexity index is 248. The number of hydrogen-bond donors (Lipinski definition) is 0. The van der Waals surface area contributed by atoms with E-state index in [1.807, 2.05) is 0 Å². The molecule has 0 aromatic heterocycles. The summed E-state index contributed by atoms with van der Waals surface area (Å²) in [4.78, 5) is 4.78. The lowest BCUT2D eigenvalue weighted by Gasteiger charge is -2.06. The van der Waals surface area contributed by atoms with Crippen LogP contribution in [0.2, 0.25) is 0 Å². The van der Waals surface area contributed by atoms with Gasteiger partial charge in [0.2, 0.25) is 0 Å². The van der Waals surface area contributed by atoms with E-state index in [2.05, 4.69) is 34.6 Å². The first-order chi connectivity index (χ1) is 8.15. The monoisotopic (exact) mass is 237 g/mol. The predicted octanol–water partition coefficient (Wildman–Crippen LogP) is 5.90. The van der Waals surface area contributed by atoms with Gasteiger partial charge in [-0.25, -0.2) is 0 Å². The molecule has 0 saturated heterocycles. The van der Waals surface area contributed by atoms with Crippen LogP contribution in [0.3, 0.4) is 0 Å². The molecule has 0 spiro atoms. The predicted molar refractivity (Wildman–Crippen MR) is 79.8 cm³/mol. The number of unbranched alkanes of at least 4 members (excludes halogenated alkanes) is 3. The van der Waals surface area contributed by atoms with Gasteiger partial charge in [-0.15, -0.1) is 0 Å². The fourth-order valence-electron chi connectivity index (χ4n) is 1.93. The van der Waals surface area contributed by atoms with Crippen molar-refractivity contribution in [1.29, 1.82) is 0 Å². The van der Waals surface area contributed by atoms with Gasteiger partial charge < -0.3 is 0 Å². The highest BCUT2D eigenvalue weighted by Gasteiger charge is 1.99. The van der Waals surface area contributed by atoms with E-state index in [1.165, 1.54) is 55.5 Å². The molecule has 0 aromatic rings. The molecule has 0 radical (unpaired) electrons. The van der Waals surface area contributed by atoms with Crippen molar-refractivity contribution in [2.75, 3.05) is 0 Å². The Labute approximate surface area is 108 Å². The molecule has 1 nitrogen and oxygen atoms in total. The highest BCUT2D eigenvalue weighted by Crippen LogP contribution is 2.15. The van der Waals surface area contributed by atoms with E-state index < -0.39 is 0 Å². The van der Waals surface area contributed by atoms with Gasteiger partial charge in [0.25, 0.3) is 0 Å². The van der Waals surface area contributed by atoms with Crippen LogP contribution < -0.4 is 0 Å². The summed E-state index contributed by atoms with van der Waals surface area (Å²) in [6.07, 6.45) is 10.0. The second-order valence-electron chi connectivity index (χ2n) is 4.96. The van der Waals surface area contributed by atoms with Crippen LogP contribution in [0.1, 0.15) is 86.0 Å². The third-order valence-corrected chi connectivity index (χ3v) is 3.30. The molecule has 0 aliphatic heterocycles.